The fraction of sp³-hybridized carbons (Fsp3) is 0.889. The minimum absolute atomic E-state index is 0.378. The summed E-state index contributed by atoms with van der Waals surface area (Å²) in [7, 11) is 1.09. The second kappa shape index (κ2) is 5.47. The molecule has 0 aromatic rings. The molecule has 1 aliphatic heterocycles. The molecule has 1 unspecified atom stereocenters. The second-order valence-electron chi connectivity index (χ2n) is 3.81. The van der Waals surface area contributed by atoms with Crippen LogP contribution in [0.2, 0.25) is 0 Å². The smallest absolute Gasteiger partial charge is 0.354 e. The first-order valence-electron chi connectivity index (χ1n) is 4.96. The number of halogens is 1. The van der Waals surface area contributed by atoms with Crippen LogP contribution < -0.4 is 0 Å². The zero-order valence-electron chi connectivity index (χ0n) is 9.12. The summed E-state index contributed by atoms with van der Waals surface area (Å²) in [5.74, 6) is -0.944. The van der Waals surface area contributed by atoms with Gasteiger partial charge in [0.15, 0.2) is 0 Å². The molecule has 0 spiro atoms. The van der Waals surface area contributed by atoms with Crippen molar-refractivity contribution in [2.75, 3.05) is 13.7 Å². The molecule has 4 N–H and O–H groups in total. The van der Waals surface area contributed by atoms with Gasteiger partial charge in [-0.25, -0.2) is 4.79 Å². The Balaban J connectivity index is 2.90. The fourth-order valence-electron chi connectivity index (χ4n) is 1.64. The van der Waals surface area contributed by atoms with Crippen LogP contribution >= 0.6 is 11.6 Å². The van der Waals surface area contributed by atoms with E-state index in [1.165, 1.54) is 0 Å². The Morgan fingerprint density at radius 2 is 2.24 bits per heavy atom. The van der Waals surface area contributed by atoms with Crippen molar-refractivity contribution in [3.8, 4) is 0 Å². The summed E-state index contributed by atoms with van der Waals surface area (Å²) in [5, 5.41) is 35.3. The number of alkyl halides is 1. The maximum absolute atomic E-state index is 11.4. The summed E-state index contributed by atoms with van der Waals surface area (Å²) in [6.07, 6.45) is -6.04. The summed E-state index contributed by atoms with van der Waals surface area (Å²) in [4.78, 5) is 11.4. The maximum Gasteiger partial charge on any atom is 0.354 e. The van der Waals surface area contributed by atoms with E-state index in [4.69, 9.17) is 21.4 Å². The van der Waals surface area contributed by atoms with Gasteiger partial charge in [0, 0.05) is 6.42 Å². The molecule has 0 aromatic carbocycles. The van der Waals surface area contributed by atoms with E-state index in [2.05, 4.69) is 4.74 Å². The number of aliphatic hydroxyl groups is 4. The Hall–Kier alpha value is -0.440. The van der Waals surface area contributed by atoms with E-state index in [1.807, 2.05) is 0 Å². The van der Waals surface area contributed by atoms with Crippen LogP contribution in [0, 0.1) is 0 Å². The van der Waals surface area contributed by atoms with Crippen LogP contribution in [0.5, 0.6) is 0 Å². The molecule has 17 heavy (non-hydrogen) atoms. The lowest BCUT2D eigenvalue weighted by molar-refractivity contribution is -0.225. The Morgan fingerprint density at radius 3 is 2.71 bits per heavy atom. The van der Waals surface area contributed by atoms with Gasteiger partial charge in [0.2, 0.25) is 5.06 Å². The molecule has 1 fully saturated rings. The molecule has 0 radical (unpaired) electrons. The van der Waals surface area contributed by atoms with Gasteiger partial charge < -0.3 is 29.9 Å². The van der Waals surface area contributed by atoms with Crippen molar-refractivity contribution in [3.05, 3.63) is 0 Å². The number of aliphatic hydroxyl groups excluding tert-OH is 4. The summed E-state index contributed by atoms with van der Waals surface area (Å²) in [6.45, 7) is -0.706. The van der Waals surface area contributed by atoms with Crippen LogP contribution in [0.25, 0.3) is 0 Å². The van der Waals surface area contributed by atoms with E-state index in [1.54, 1.807) is 0 Å². The van der Waals surface area contributed by atoms with Crippen LogP contribution in [-0.4, -0.2) is 69.6 Å². The lowest BCUT2D eigenvalue weighted by atomic mass is 9.94. The van der Waals surface area contributed by atoms with E-state index in [0.29, 0.717) is 0 Å². The van der Waals surface area contributed by atoms with E-state index in [0.717, 1.165) is 7.11 Å². The molecular weight excluding hydrogens is 256 g/mol. The van der Waals surface area contributed by atoms with Gasteiger partial charge in [-0.1, -0.05) is 11.6 Å². The highest BCUT2D eigenvalue weighted by atomic mass is 35.5. The van der Waals surface area contributed by atoms with Crippen molar-refractivity contribution in [1.29, 1.82) is 0 Å². The predicted molar refractivity (Wildman–Crippen MR) is 55.2 cm³/mol. The molecule has 1 heterocycles. The van der Waals surface area contributed by atoms with Gasteiger partial charge in [-0.2, -0.15) is 0 Å². The zero-order chi connectivity index (χ0) is 13.2. The van der Waals surface area contributed by atoms with E-state index < -0.39 is 42.1 Å². The predicted octanol–water partition coefficient (Wildman–Crippen LogP) is -2.04. The number of methoxy groups -OCH3 is 1. The number of carbonyl (C=O) groups is 1. The Kier molecular flexibility index (Phi) is 4.70. The van der Waals surface area contributed by atoms with Crippen LogP contribution in [-0.2, 0) is 14.3 Å². The highest BCUT2D eigenvalue weighted by molar-refractivity contribution is 6.32. The Morgan fingerprint density at radius 1 is 1.65 bits per heavy atom. The third-order valence-corrected chi connectivity index (χ3v) is 2.98. The monoisotopic (exact) mass is 270 g/mol. The zero-order valence-corrected chi connectivity index (χ0v) is 9.87. The third kappa shape index (κ3) is 2.87. The van der Waals surface area contributed by atoms with Gasteiger partial charge in [-0.3, -0.25) is 0 Å². The molecule has 7 nitrogen and oxygen atoms in total. The Labute approximate surface area is 103 Å². The molecule has 8 heteroatoms. The summed E-state index contributed by atoms with van der Waals surface area (Å²) >= 11 is 5.82. The van der Waals surface area contributed by atoms with Crippen LogP contribution in [0.4, 0.5) is 0 Å². The lowest BCUT2D eigenvalue weighted by Crippen LogP contribution is -2.59. The van der Waals surface area contributed by atoms with Gasteiger partial charge in [0.25, 0.3) is 0 Å². The minimum Gasteiger partial charge on any atom is -0.466 e. The van der Waals surface area contributed by atoms with E-state index in [-0.39, 0.29) is 6.42 Å². The largest absolute Gasteiger partial charge is 0.466 e. The summed E-state index contributed by atoms with van der Waals surface area (Å²) < 4.78 is 9.44. The summed E-state index contributed by atoms with van der Waals surface area (Å²) in [6, 6.07) is 0. The van der Waals surface area contributed by atoms with Crippen molar-refractivity contribution in [1.82, 2.24) is 0 Å². The first kappa shape index (κ1) is 14.6. The summed E-state index contributed by atoms with van der Waals surface area (Å²) in [5.41, 5.74) is 0. The van der Waals surface area contributed by atoms with Crippen molar-refractivity contribution in [2.45, 2.75) is 35.9 Å². The first-order valence-corrected chi connectivity index (χ1v) is 5.33. The van der Waals surface area contributed by atoms with Gasteiger partial charge in [0.05, 0.1) is 19.8 Å². The lowest BCUT2D eigenvalue weighted by Gasteiger charge is -2.41. The van der Waals surface area contributed by atoms with Crippen molar-refractivity contribution < 1.29 is 34.7 Å². The van der Waals surface area contributed by atoms with Crippen LogP contribution in [0.15, 0.2) is 0 Å². The molecule has 0 bridgehead atoms. The molecule has 0 aliphatic carbocycles. The quantitative estimate of drug-likeness (QED) is 0.345. The SMILES string of the molecule is COC(=O)[C@@]1(Cl)C[C@@H](O)[C@@H](O)C([C@H](O)CO)O1. The number of hydrogen-bond donors (Lipinski definition) is 4. The number of rotatable bonds is 3. The van der Waals surface area contributed by atoms with Gasteiger partial charge >= 0.3 is 5.97 Å². The molecule has 1 aliphatic rings. The number of ether oxygens (including phenoxy) is 2. The van der Waals surface area contributed by atoms with Crippen molar-refractivity contribution in [2.24, 2.45) is 0 Å². The van der Waals surface area contributed by atoms with Gasteiger partial charge in [-0.05, 0) is 0 Å². The van der Waals surface area contributed by atoms with Gasteiger partial charge in [-0.15, -0.1) is 0 Å². The molecule has 100 valence electrons. The average molecular weight is 271 g/mol. The van der Waals surface area contributed by atoms with Crippen LogP contribution in [0.1, 0.15) is 6.42 Å². The molecule has 0 saturated carbocycles. The van der Waals surface area contributed by atoms with Crippen LogP contribution in [0.3, 0.4) is 0 Å². The first-order chi connectivity index (χ1) is 7.85. The number of hydrogen-bond acceptors (Lipinski definition) is 7. The molecule has 0 aromatic heterocycles. The van der Waals surface area contributed by atoms with Crippen molar-refractivity contribution in [3.63, 3.8) is 0 Å². The van der Waals surface area contributed by atoms with E-state index >= 15 is 0 Å². The molecule has 1 saturated heterocycles. The highest BCUT2D eigenvalue weighted by Gasteiger charge is 2.52. The minimum atomic E-state index is -1.98. The Bertz CT molecular complexity index is 287. The topological polar surface area (TPSA) is 116 Å². The molecule has 0 amide bonds. The second-order valence-corrected chi connectivity index (χ2v) is 4.43. The average Bonchev–Trinajstić information content (AvgIpc) is 2.31. The molecule has 1 rings (SSSR count). The number of esters is 1. The molecule has 5 atom stereocenters. The van der Waals surface area contributed by atoms with E-state index in [9.17, 15) is 20.1 Å². The van der Waals surface area contributed by atoms with Crippen molar-refractivity contribution >= 4 is 17.6 Å². The highest BCUT2D eigenvalue weighted by Crippen LogP contribution is 2.35. The number of carbonyl (C=O) groups excluding carboxylic acids is 1. The maximum atomic E-state index is 11.4. The molecular formula is C9H15ClO7. The standard InChI is InChI=1S/C9H15ClO7/c1-16-8(15)9(10)2-4(12)6(14)7(17-9)5(13)3-11/h4-7,11-14H,2-3H2,1H3/t4-,5-,6-,7?,9-/m1/s1. The third-order valence-electron chi connectivity index (χ3n) is 2.58. The fourth-order valence-corrected chi connectivity index (χ4v) is 1.97. The normalized spacial score (nSPS) is 39.8. The van der Waals surface area contributed by atoms with Gasteiger partial charge in [0.1, 0.15) is 18.3 Å².